The van der Waals surface area contributed by atoms with Crippen molar-refractivity contribution < 1.29 is 14.4 Å². The van der Waals surface area contributed by atoms with Gasteiger partial charge >= 0.3 is 0 Å². The largest absolute Gasteiger partial charge is 0.369 e. The number of carbonyl (C=O) groups excluding carboxylic acids is 3. The molecule has 0 saturated carbocycles. The number of hydrogen-bond donors (Lipinski definition) is 1. The first kappa shape index (κ1) is 11.9. The van der Waals surface area contributed by atoms with E-state index in [-0.39, 0.29) is 18.1 Å². The zero-order chi connectivity index (χ0) is 13.6. The first-order chi connectivity index (χ1) is 9.06. The quantitative estimate of drug-likeness (QED) is 0.845. The van der Waals surface area contributed by atoms with Crippen LogP contribution in [-0.2, 0) is 16.0 Å². The summed E-state index contributed by atoms with van der Waals surface area (Å²) in [7, 11) is 0. The van der Waals surface area contributed by atoms with Crippen LogP contribution in [0.4, 0.5) is 5.69 Å². The average Bonchev–Trinajstić information content (AvgIpc) is 2.93. The Morgan fingerprint density at radius 3 is 2.74 bits per heavy atom. The summed E-state index contributed by atoms with van der Waals surface area (Å²) in [5, 5.41) is 0. The molecule has 1 aliphatic carbocycles. The Morgan fingerprint density at radius 2 is 2.05 bits per heavy atom. The molecule has 5 nitrogen and oxygen atoms in total. The summed E-state index contributed by atoms with van der Waals surface area (Å²) in [5.74, 6) is -0.881. The van der Waals surface area contributed by atoms with Crippen molar-refractivity contribution in [3.8, 4) is 0 Å². The smallest absolute Gasteiger partial charge is 0.227 e. The van der Waals surface area contributed by atoms with Crippen LogP contribution in [0, 0.1) is 5.92 Å². The lowest BCUT2D eigenvalue weighted by atomic mass is 10.1. The van der Waals surface area contributed by atoms with Crippen LogP contribution in [0.5, 0.6) is 0 Å². The van der Waals surface area contributed by atoms with Crippen LogP contribution < -0.4 is 10.6 Å². The van der Waals surface area contributed by atoms with Gasteiger partial charge in [-0.3, -0.25) is 14.4 Å². The molecule has 1 saturated heterocycles. The van der Waals surface area contributed by atoms with Crippen molar-refractivity contribution >= 4 is 23.3 Å². The molecule has 0 bridgehead atoms. The van der Waals surface area contributed by atoms with Crippen LogP contribution in [0.2, 0.25) is 0 Å². The van der Waals surface area contributed by atoms with Gasteiger partial charge in [0.05, 0.1) is 5.92 Å². The molecule has 1 fully saturated rings. The summed E-state index contributed by atoms with van der Waals surface area (Å²) in [4.78, 5) is 36.3. The van der Waals surface area contributed by atoms with Gasteiger partial charge in [-0.15, -0.1) is 0 Å². The highest BCUT2D eigenvalue weighted by Crippen LogP contribution is 2.30. The minimum absolute atomic E-state index is 0.116. The molecular formula is C14H14N2O3. The third-order valence-electron chi connectivity index (χ3n) is 3.85. The number of hydrogen-bond acceptors (Lipinski definition) is 3. The number of amides is 2. The SMILES string of the molecule is NC(=O)C1CC(=O)N(c2ccc3c(c2)C(=O)CC3)C1. The van der Waals surface area contributed by atoms with E-state index in [1.54, 1.807) is 11.0 Å². The summed E-state index contributed by atoms with van der Waals surface area (Å²) in [6, 6.07) is 5.48. The molecule has 1 aromatic carbocycles. The number of rotatable bonds is 2. The molecule has 5 heteroatoms. The maximum absolute atomic E-state index is 11.9. The van der Waals surface area contributed by atoms with Crippen molar-refractivity contribution in [2.24, 2.45) is 11.7 Å². The van der Waals surface area contributed by atoms with Crippen molar-refractivity contribution in [3.63, 3.8) is 0 Å². The topological polar surface area (TPSA) is 80.5 Å². The minimum atomic E-state index is -0.451. The number of nitrogens with zero attached hydrogens (tertiary/aromatic N) is 1. The van der Waals surface area contributed by atoms with Crippen LogP contribution in [0.25, 0.3) is 0 Å². The lowest BCUT2D eigenvalue weighted by molar-refractivity contribution is -0.123. The van der Waals surface area contributed by atoms with E-state index in [4.69, 9.17) is 5.73 Å². The molecule has 0 aromatic heterocycles. The zero-order valence-electron chi connectivity index (χ0n) is 10.4. The summed E-state index contributed by atoms with van der Waals surface area (Å²) in [5.41, 5.74) is 7.66. The first-order valence-corrected chi connectivity index (χ1v) is 6.32. The lowest BCUT2D eigenvalue weighted by Gasteiger charge is -2.17. The molecule has 1 unspecified atom stereocenters. The van der Waals surface area contributed by atoms with E-state index < -0.39 is 11.8 Å². The van der Waals surface area contributed by atoms with E-state index in [9.17, 15) is 14.4 Å². The second kappa shape index (κ2) is 4.19. The molecule has 1 aliphatic heterocycles. The van der Waals surface area contributed by atoms with Gasteiger partial charge in [-0.05, 0) is 24.1 Å². The standard InChI is InChI=1S/C14H14N2O3/c15-14(19)9-5-13(18)16(7-9)10-3-1-8-2-4-12(17)11(8)6-10/h1,3,6,9H,2,4-5,7H2,(H2,15,19). The fourth-order valence-electron chi connectivity index (χ4n) is 2.74. The zero-order valence-corrected chi connectivity index (χ0v) is 10.4. The molecular weight excluding hydrogens is 244 g/mol. The predicted octanol–water partition coefficient (Wildman–Crippen LogP) is 0.654. The maximum atomic E-state index is 11.9. The van der Waals surface area contributed by atoms with E-state index in [1.807, 2.05) is 12.1 Å². The van der Waals surface area contributed by atoms with Crippen molar-refractivity contribution in [2.45, 2.75) is 19.3 Å². The third-order valence-corrected chi connectivity index (χ3v) is 3.85. The van der Waals surface area contributed by atoms with Gasteiger partial charge in [0.25, 0.3) is 0 Å². The molecule has 2 N–H and O–H groups in total. The second-order valence-electron chi connectivity index (χ2n) is 5.07. The van der Waals surface area contributed by atoms with Gasteiger partial charge in [0.1, 0.15) is 0 Å². The first-order valence-electron chi connectivity index (χ1n) is 6.32. The number of nitrogens with two attached hydrogens (primary N) is 1. The Kier molecular flexibility index (Phi) is 2.62. The highest BCUT2D eigenvalue weighted by Gasteiger charge is 2.34. The lowest BCUT2D eigenvalue weighted by Crippen LogP contribution is -2.28. The Hall–Kier alpha value is -2.17. The molecule has 1 aromatic rings. The fourth-order valence-corrected chi connectivity index (χ4v) is 2.74. The summed E-state index contributed by atoms with van der Waals surface area (Å²) in [6.07, 6.45) is 1.46. The van der Waals surface area contributed by atoms with Crippen molar-refractivity contribution in [1.29, 1.82) is 0 Å². The van der Waals surface area contributed by atoms with E-state index in [1.165, 1.54) is 0 Å². The maximum Gasteiger partial charge on any atom is 0.227 e. The summed E-state index contributed by atoms with van der Waals surface area (Å²) >= 11 is 0. The van der Waals surface area contributed by atoms with Crippen LogP contribution in [0.3, 0.4) is 0 Å². The van der Waals surface area contributed by atoms with E-state index in [0.29, 0.717) is 24.2 Å². The van der Waals surface area contributed by atoms with Gasteiger partial charge in [-0.2, -0.15) is 0 Å². The van der Waals surface area contributed by atoms with Crippen LogP contribution in [0.1, 0.15) is 28.8 Å². The molecule has 98 valence electrons. The van der Waals surface area contributed by atoms with E-state index >= 15 is 0 Å². The number of anilines is 1. The van der Waals surface area contributed by atoms with Gasteiger partial charge in [0.2, 0.25) is 11.8 Å². The number of primary amides is 1. The van der Waals surface area contributed by atoms with E-state index in [0.717, 1.165) is 12.0 Å². The molecule has 2 aliphatic rings. The summed E-state index contributed by atoms with van der Waals surface area (Å²) in [6.45, 7) is 0.307. The highest BCUT2D eigenvalue weighted by atomic mass is 16.2. The Morgan fingerprint density at radius 1 is 1.26 bits per heavy atom. The molecule has 0 radical (unpaired) electrons. The normalized spacial score (nSPS) is 21.9. The van der Waals surface area contributed by atoms with Crippen molar-refractivity contribution in [2.75, 3.05) is 11.4 Å². The Balaban J connectivity index is 1.91. The monoisotopic (exact) mass is 258 g/mol. The van der Waals surface area contributed by atoms with Gasteiger partial charge in [-0.25, -0.2) is 0 Å². The fraction of sp³-hybridized carbons (Fsp3) is 0.357. The number of aryl methyl sites for hydroxylation is 1. The van der Waals surface area contributed by atoms with Gasteiger partial charge in [0.15, 0.2) is 5.78 Å². The molecule has 0 spiro atoms. The number of benzene rings is 1. The molecule has 1 heterocycles. The Bertz CT molecular complexity index is 594. The third kappa shape index (κ3) is 1.91. The van der Waals surface area contributed by atoms with E-state index in [2.05, 4.69) is 0 Å². The number of fused-ring (bicyclic) bond motifs is 1. The number of Topliss-reactive ketones (excluding diaryl/α,β-unsaturated/α-hetero) is 1. The van der Waals surface area contributed by atoms with Gasteiger partial charge in [0, 0.05) is 30.6 Å². The molecule has 1 atom stereocenters. The molecule has 3 rings (SSSR count). The predicted molar refractivity (Wildman–Crippen MR) is 68.7 cm³/mol. The molecule has 19 heavy (non-hydrogen) atoms. The van der Waals surface area contributed by atoms with Crippen LogP contribution >= 0.6 is 0 Å². The van der Waals surface area contributed by atoms with Gasteiger partial charge in [-0.1, -0.05) is 6.07 Å². The highest BCUT2D eigenvalue weighted by molar-refractivity contribution is 6.04. The van der Waals surface area contributed by atoms with Crippen molar-refractivity contribution in [1.82, 2.24) is 0 Å². The molecule has 2 amide bonds. The number of ketones is 1. The average molecular weight is 258 g/mol. The van der Waals surface area contributed by atoms with Gasteiger partial charge < -0.3 is 10.6 Å². The summed E-state index contributed by atoms with van der Waals surface area (Å²) < 4.78 is 0. The number of carbonyl (C=O) groups is 3. The van der Waals surface area contributed by atoms with Crippen LogP contribution in [0.15, 0.2) is 18.2 Å². The van der Waals surface area contributed by atoms with Crippen LogP contribution in [-0.4, -0.2) is 24.1 Å². The second-order valence-corrected chi connectivity index (χ2v) is 5.07. The minimum Gasteiger partial charge on any atom is -0.369 e. The van der Waals surface area contributed by atoms with Crippen molar-refractivity contribution in [3.05, 3.63) is 29.3 Å². The Labute approximate surface area is 110 Å².